The van der Waals surface area contributed by atoms with Gasteiger partial charge in [0.15, 0.2) is 0 Å². The summed E-state index contributed by atoms with van der Waals surface area (Å²) in [6.45, 7) is 5.86. The molecule has 0 aliphatic carbocycles. The van der Waals surface area contributed by atoms with E-state index in [4.69, 9.17) is 0 Å². The number of rotatable bonds is 5. The van der Waals surface area contributed by atoms with Gasteiger partial charge < -0.3 is 10.3 Å². The van der Waals surface area contributed by atoms with E-state index in [1.807, 2.05) is 17.1 Å². The molecular weight excluding hydrogens is 202 g/mol. The number of hydrogen-bond donors (Lipinski definition) is 2. The molecule has 1 unspecified atom stereocenters. The average Bonchev–Trinajstić information content (AvgIpc) is 2.96. The summed E-state index contributed by atoms with van der Waals surface area (Å²) in [5.41, 5.74) is 1.20. The Bertz CT molecular complexity index is 417. The Balaban J connectivity index is 1.90. The number of aryl methyl sites for hydroxylation is 1. The lowest BCUT2D eigenvalue weighted by molar-refractivity contribution is 0.560. The molecule has 0 amide bonds. The maximum atomic E-state index is 4.25. The summed E-state index contributed by atoms with van der Waals surface area (Å²) in [6.07, 6.45) is 7.57. The Morgan fingerprint density at radius 2 is 2.44 bits per heavy atom. The molecule has 0 fully saturated rings. The zero-order valence-corrected chi connectivity index (χ0v) is 9.64. The zero-order chi connectivity index (χ0) is 11.4. The fourth-order valence-corrected chi connectivity index (χ4v) is 1.54. The van der Waals surface area contributed by atoms with Crippen LogP contribution in [0.4, 0.5) is 0 Å². The van der Waals surface area contributed by atoms with E-state index < -0.39 is 0 Å². The molecule has 5 nitrogen and oxygen atoms in total. The summed E-state index contributed by atoms with van der Waals surface area (Å²) in [5, 5.41) is 7.65. The van der Waals surface area contributed by atoms with Gasteiger partial charge in [-0.05, 0) is 13.8 Å². The molecule has 0 radical (unpaired) electrons. The Kier molecular flexibility index (Phi) is 3.36. The summed E-state index contributed by atoms with van der Waals surface area (Å²) in [6, 6.07) is 0.283. The predicted octanol–water partition coefficient (Wildman–Crippen LogP) is 1.48. The smallest absolute Gasteiger partial charge is 0.120 e. The van der Waals surface area contributed by atoms with Crippen molar-refractivity contribution < 1.29 is 0 Å². The minimum absolute atomic E-state index is 0.283. The topological polar surface area (TPSA) is 58.5 Å². The molecule has 0 spiro atoms. The molecule has 0 aliphatic rings. The molecule has 1 atom stereocenters. The fraction of sp³-hybridized carbons (Fsp3) is 0.455. The first-order valence-corrected chi connectivity index (χ1v) is 5.53. The first-order valence-electron chi connectivity index (χ1n) is 5.53. The van der Waals surface area contributed by atoms with E-state index in [9.17, 15) is 0 Å². The molecule has 16 heavy (non-hydrogen) atoms. The normalized spacial score (nSPS) is 12.9. The van der Waals surface area contributed by atoms with E-state index in [1.54, 1.807) is 6.20 Å². The van der Waals surface area contributed by atoms with Crippen molar-refractivity contribution in [2.45, 2.75) is 33.0 Å². The first-order chi connectivity index (χ1) is 7.79. The zero-order valence-electron chi connectivity index (χ0n) is 9.64. The SMILES string of the molecule is CCn1cc(C(C)NCc2ncc[nH]2)cn1. The van der Waals surface area contributed by atoms with Crippen molar-refractivity contribution in [2.24, 2.45) is 0 Å². The van der Waals surface area contributed by atoms with Gasteiger partial charge in [-0.3, -0.25) is 4.68 Å². The Morgan fingerprint density at radius 1 is 1.56 bits per heavy atom. The maximum absolute atomic E-state index is 4.25. The number of H-pyrrole nitrogens is 1. The third-order valence-electron chi connectivity index (χ3n) is 2.61. The van der Waals surface area contributed by atoms with Gasteiger partial charge in [-0.15, -0.1) is 0 Å². The van der Waals surface area contributed by atoms with Crippen molar-refractivity contribution in [3.05, 3.63) is 36.2 Å². The number of nitrogens with zero attached hydrogens (tertiary/aromatic N) is 3. The second-order valence-corrected chi connectivity index (χ2v) is 3.77. The van der Waals surface area contributed by atoms with Crippen LogP contribution >= 0.6 is 0 Å². The molecule has 86 valence electrons. The fourth-order valence-electron chi connectivity index (χ4n) is 1.54. The quantitative estimate of drug-likeness (QED) is 0.800. The van der Waals surface area contributed by atoms with Crippen LogP contribution in [0.3, 0.4) is 0 Å². The monoisotopic (exact) mass is 219 g/mol. The second kappa shape index (κ2) is 4.94. The molecule has 2 aromatic rings. The van der Waals surface area contributed by atoms with Crippen LogP contribution in [0, 0.1) is 0 Å². The summed E-state index contributed by atoms with van der Waals surface area (Å²) in [7, 11) is 0. The maximum Gasteiger partial charge on any atom is 0.120 e. The van der Waals surface area contributed by atoms with Crippen LogP contribution in [-0.4, -0.2) is 19.7 Å². The largest absolute Gasteiger partial charge is 0.348 e. The van der Waals surface area contributed by atoms with Crippen molar-refractivity contribution in [3.63, 3.8) is 0 Å². The van der Waals surface area contributed by atoms with Crippen LogP contribution in [0.2, 0.25) is 0 Å². The van der Waals surface area contributed by atoms with Gasteiger partial charge in [0.25, 0.3) is 0 Å². The van der Waals surface area contributed by atoms with Crippen molar-refractivity contribution >= 4 is 0 Å². The van der Waals surface area contributed by atoms with Crippen LogP contribution in [-0.2, 0) is 13.1 Å². The molecule has 0 saturated carbocycles. The van der Waals surface area contributed by atoms with E-state index in [0.29, 0.717) is 0 Å². The molecule has 2 N–H and O–H groups in total. The average molecular weight is 219 g/mol. The van der Waals surface area contributed by atoms with Crippen molar-refractivity contribution in [3.8, 4) is 0 Å². The van der Waals surface area contributed by atoms with E-state index in [1.165, 1.54) is 5.56 Å². The van der Waals surface area contributed by atoms with Gasteiger partial charge in [0.1, 0.15) is 5.82 Å². The molecule has 5 heteroatoms. The standard InChI is InChI=1S/C11H17N5/c1-3-16-8-10(6-15-16)9(2)14-7-11-12-4-5-13-11/h4-6,8-9,14H,3,7H2,1-2H3,(H,12,13). The minimum atomic E-state index is 0.283. The van der Waals surface area contributed by atoms with E-state index >= 15 is 0 Å². The third kappa shape index (κ3) is 2.49. The van der Waals surface area contributed by atoms with E-state index in [2.05, 4.69) is 40.4 Å². The lowest BCUT2D eigenvalue weighted by Crippen LogP contribution is -2.18. The van der Waals surface area contributed by atoms with Gasteiger partial charge >= 0.3 is 0 Å². The number of hydrogen-bond acceptors (Lipinski definition) is 3. The summed E-state index contributed by atoms with van der Waals surface area (Å²) in [5.74, 6) is 0.953. The van der Waals surface area contributed by atoms with Crippen LogP contribution in [0.5, 0.6) is 0 Å². The molecular formula is C11H17N5. The molecule has 2 heterocycles. The van der Waals surface area contributed by atoms with E-state index in [-0.39, 0.29) is 6.04 Å². The highest BCUT2D eigenvalue weighted by Crippen LogP contribution is 2.11. The predicted molar refractivity (Wildman–Crippen MR) is 61.7 cm³/mol. The van der Waals surface area contributed by atoms with Crippen molar-refractivity contribution in [1.29, 1.82) is 0 Å². The second-order valence-electron chi connectivity index (χ2n) is 3.77. The minimum Gasteiger partial charge on any atom is -0.348 e. The van der Waals surface area contributed by atoms with Gasteiger partial charge in [0.05, 0.1) is 12.7 Å². The summed E-state index contributed by atoms with van der Waals surface area (Å²) >= 11 is 0. The van der Waals surface area contributed by atoms with E-state index in [0.717, 1.165) is 18.9 Å². The van der Waals surface area contributed by atoms with Crippen LogP contribution in [0.15, 0.2) is 24.8 Å². The number of aromatic nitrogens is 4. The van der Waals surface area contributed by atoms with Crippen LogP contribution in [0.1, 0.15) is 31.3 Å². The highest BCUT2D eigenvalue weighted by atomic mass is 15.3. The van der Waals surface area contributed by atoms with Crippen LogP contribution < -0.4 is 5.32 Å². The van der Waals surface area contributed by atoms with Crippen LogP contribution in [0.25, 0.3) is 0 Å². The summed E-state index contributed by atoms with van der Waals surface area (Å²) in [4.78, 5) is 7.23. The molecule has 2 rings (SSSR count). The molecule has 0 aromatic carbocycles. The Hall–Kier alpha value is -1.62. The first kappa shape index (κ1) is 10.9. The van der Waals surface area contributed by atoms with Gasteiger partial charge in [-0.2, -0.15) is 5.10 Å². The molecule has 0 aliphatic heterocycles. The van der Waals surface area contributed by atoms with Gasteiger partial charge in [-0.1, -0.05) is 0 Å². The Labute approximate surface area is 94.9 Å². The van der Waals surface area contributed by atoms with Gasteiger partial charge in [0.2, 0.25) is 0 Å². The Morgan fingerprint density at radius 3 is 3.06 bits per heavy atom. The third-order valence-corrected chi connectivity index (χ3v) is 2.61. The van der Waals surface area contributed by atoms with Gasteiger partial charge in [-0.25, -0.2) is 4.98 Å². The molecule has 0 bridgehead atoms. The van der Waals surface area contributed by atoms with Gasteiger partial charge in [0, 0.05) is 36.7 Å². The van der Waals surface area contributed by atoms with Crippen molar-refractivity contribution in [1.82, 2.24) is 25.1 Å². The molecule has 2 aromatic heterocycles. The lowest BCUT2D eigenvalue weighted by atomic mass is 10.2. The highest BCUT2D eigenvalue weighted by molar-refractivity contribution is 5.09. The van der Waals surface area contributed by atoms with Crippen molar-refractivity contribution in [2.75, 3.05) is 0 Å². The number of nitrogens with one attached hydrogen (secondary N) is 2. The number of aromatic amines is 1. The highest BCUT2D eigenvalue weighted by Gasteiger charge is 2.07. The summed E-state index contributed by atoms with van der Waals surface area (Å²) < 4.78 is 1.93. The molecule has 0 saturated heterocycles. The lowest BCUT2D eigenvalue weighted by Gasteiger charge is -2.10. The number of imidazole rings is 1.